The average molecular weight is 340 g/mol. The van der Waals surface area contributed by atoms with E-state index in [1.165, 1.54) is 10.3 Å². The lowest BCUT2D eigenvalue weighted by Gasteiger charge is -2.14. The first-order chi connectivity index (χ1) is 11.5. The first-order valence-electron chi connectivity index (χ1n) is 8.05. The Bertz CT molecular complexity index is 839. The zero-order valence-corrected chi connectivity index (χ0v) is 15.0. The maximum absolute atomic E-state index is 12.3. The van der Waals surface area contributed by atoms with Gasteiger partial charge in [0.05, 0.1) is 17.3 Å². The number of aromatic nitrogens is 1. The quantitative estimate of drug-likeness (QED) is 0.750. The Balaban J connectivity index is 1.60. The molecule has 0 aliphatic rings. The van der Waals surface area contributed by atoms with Crippen molar-refractivity contribution in [2.24, 2.45) is 0 Å². The topological polar surface area (TPSA) is 46.4 Å². The van der Waals surface area contributed by atoms with Gasteiger partial charge in [-0.15, -0.1) is 11.3 Å². The molecule has 124 valence electrons. The first-order valence-corrected chi connectivity index (χ1v) is 8.86. The van der Waals surface area contributed by atoms with Crippen molar-refractivity contribution in [2.45, 2.75) is 20.4 Å². The molecular formula is C19H22N3OS+. The highest BCUT2D eigenvalue weighted by molar-refractivity contribution is 7.18. The number of para-hydroxylation sites is 1. The lowest BCUT2D eigenvalue weighted by atomic mass is 10.1. The molecule has 1 atom stereocenters. The molecule has 0 saturated heterocycles. The Morgan fingerprint density at radius 1 is 1.17 bits per heavy atom. The monoisotopic (exact) mass is 340 g/mol. The van der Waals surface area contributed by atoms with Gasteiger partial charge in [-0.2, -0.15) is 0 Å². The number of quaternary nitrogens is 1. The van der Waals surface area contributed by atoms with Crippen molar-refractivity contribution in [3.05, 3.63) is 58.6 Å². The summed E-state index contributed by atoms with van der Waals surface area (Å²) in [7, 11) is 2.02. The van der Waals surface area contributed by atoms with Gasteiger partial charge >= 0.3 is 0 Å². The molecule has 0 fully saturated rings. The van der Waals surface area contributed by atoms with E-state index >= 15 is 0 Å². The van der Waals surface area contributed by atoms with Gasteiger partial charge in [0.25, 0.3) is 5.91 Å². The molecule has 2 aromatic carbocycles. The number of amides is 1. The standard InChI is InChI=1S/C19H21N3OS/c1-13-7-6-9-15(14(13)2)20-18(23)11-22(3)12-19-21-16-8-4-5-10-17(16)24-19/h4-10H,11-12H2,1-3H3,(H,20,23)/p+1. The van der Waals surface area contributed by atoms with Crippen LogP contribution < -0.4 is 10.2 Å². The van der Waals surface area contributed by atoms with E-state index in [2.05, 4.69) is 29.4 Å². The second-order valence-corrected chi connectivity index (χ2v) is 7.30. The predicted octanol–water partition coefficient (Wildman–Crippen LogP) is 2.57. The molecule has 0 spiro atoms. The van der Waals surface area contributed by atoms with Crippen molar-refractivity contribution >= 4 is 33.1 Å². The van der Waals surface area contributed by atoms with Gasteiger partial charge in [0.15, 0.2) is 6.54 Å². The number of hydrogen-bond donors (Lipinski definition) is 2. The molecule has 5 heteroatoms. The summed E-state index contributed by atoms with van der Waals surface area (Å²) in [5, 5.41) is 4.08. The fourth-order valence-corrected chi connectivity index (χ4v) is 3.75. The second-order valence-electron chi connectivity index (χ2n) is 6.18. The van der Waals surface area contributed by atoms with Gasteiger partial charge in [0.2, 0.25) is 0 Å². The minimum Gasteiger partial charge on any atom is -0.324 e. The number of fused-ring (bicyclic) bond motifs is 1. The molecule has 0 radical (unpaired) electrons. The van der Waals surface area contributed by atoms with Crippen molar-refractivity contribution in [3.8, 4) is 0 Å². The third kappa shape index (κ3) is 3.80. The molecule has 2 N–H and O–H groups in total. The normalized spacial score (nSPS) is 12.3. The van der Waals surface area contributed by atoms with E-state index in [-0.39, 0.29) is 5.91 Å². The number of thiazole rings is 1. The molecule has 0 bridgehead atoms. The van der Waals surface area contributed by atoms with Crippen molar-refractivity contribution in [1.29, 1.82) is 0 Å². The van der Waals surface area contributed by atoms with Crippen LogP contribution in [0.2, 0.25) is 0 Å². The fourth-order valence-electron chi connectivity index (χ4n) is 2.67. The van der Waals surface area contributed by atoms with Gasteiger partial charge in [-0.3, -0.25) is 4.79 Å². The van der Waals surface area contributed by atoms with Gasteiger partial charge in [-0.1, -0.05) is 24.3 Å². The predicted molar refractivity (Wildman–Crippen MR) is 99.6 cm³/mol. The molecule has 0 saturated carbocycles. The number of carbonyl (C=O) groups is 1. The van der Waals surface area contributed by atoms with Crippen molar-refractivity contribution in [3.63, 3.8) is 0 Å². The van der Waals surface area contributed by atoms with Crippen LogP contribution in [0.5, 0.6) is 0 Å². The van der Waals surface area contributed by atoms with Crippen LogP contribution in [0.15, 0.2) is 42.5 Å². The molecule has 1 aromatic heterocycles. The van der Waals surface area contributed by atoms with Gasteiger partial charge in [0.1, 0.15) is 11.6 Å². The number of aryl methyl sites for hydroxylation is 1. The highest BCUT2D eigenvalue weighted by Crippen LogP contribution is 2.20. The number of rotatable bonds is 5. The van der Waals surface area contributed by atoms with E-state index in [9.17, 15) is 4.79 Å². The average Bonchev–Trinajstić information content (AvgIpc) is 2.93. The minimum absolute atomic E-state index is 0.0299. The Kier molecular flexibility index (Phi) is 4.92. The SMILES string of the molecule is Cc1cccc(NC(=O)C[NH+](C)Cc2nc3ccccc3s2)c1C. The molecule has 3 aromatic rings. The fraction of sp³-hybridized carbons (Fsp3) is 0.263. The van der Waals surface area contributed by atoms with Crippen molar-refractivity contribution < 1.29 is 9.69 Å². The molecule has 1 unspecified atom stereocenters. The summed E-state index contributed by atoms with van der Waals surface area (Å²) in [6.45, 7) is 5.25. The summed E-state index contributed by atoms with van der Waals surface area (Å²) < 4.78 is 1.19. The summed E-state index contributed by atoms with van der Waals surface area (Å²) in [5.74, 6) is 0.0299. The smallest absolute Gasteiger partial charge is 0.279 e. The number of benzene rings is 2. The number of nitrogens with one attached hydrogen (secondary N) is 2. The number of anilines is 1. The molecule has 3 rings (SSSR count). The summed E-state index contributed by atoms with van der Waals surface area (Å²) in [6.07, 6.45) is 0. The number of hydrogen-bond acceptors (Lipinski definition) is 3. The summed E-state index contributed by atoms with van der Waals surface area (Å²) >= 11 is 1.70. The van der Waals surface area contributed by atoms with E-state index in [1.54, 1.807) is 11.3 Å². The van der Waals surface area contributed by atoms with Crippen LogP contribution in [-0.4, -0.2) is 24.5 Å². The van der Waals surface area contributed by atoms with E-state index in [4.69, 9.17) is 0 Å². The van der Waals surface area contributed by atoms with Gasteiger partial charge in [-0.25, -0.2) is 4.98 Å². The molecule has 1 amide bonds. The lowest BCUT2D eigenvalue weighted by molar-refractivity contribution is -0.885. The van der Waals surface area contributed by atoms with E-state index in [0.717, 1.165) is 33.2 Å². The number of likely N-dealkylation sites (N-methyl/N-ethyl adjacent to an activating group) is 1. The van der Waals surface area contributed by atoms with E-state index < -0.39 is 0 Å². The van der Waals surface area contributed by atoms with Crippen LogP contribution >= 0.6 is 11.3 Å². The summed E-state index contributed by atoms with van der Waals surface area (Å²) in [6, 6.07) is 14.1. The largest absolute Gasteiger partial charge is 0.324 e. The Morgan fingerprint density at radius 3 is 2.75 bits per heavy atom. The minimum atomic E-state index is 0.0299. The number of nitrogens with zero attached hydrogens (tertiary/aromatic N) is 1. The Hall–Kier alpha value is -2.24. The van der Waals surface area contributed by atoms with Crippen LogP contribution in [0.25, 0.3) is 10.2 Å². The zero-order valence-electron chi connectivity index (χ0n) is 14.2. The van der Waals surface area contributed by atoms with Crippen LogP contribution in [0.1, 0.15) is 16.1 Å². The maximum atomic E-state index is 12.3. The van der Waals surface area contributed by atoms with Crippen molar-refractivity contribution in [2.75, 3.05) is 18.9 Å². The Labute approximate surface area is 146 Å². The van der Waals surface area contributed by atoms with E-state index in [0.29, 0.717) is 6.54 Å². The third-order valence-corrected chi connectivity index (χ3v) is 5.17. The third-order valence-electron chi connectivity index (χ3n) is 4.13. The highest BCUT2D eigenvalue weighted by atomic mass is 32.1. The molecule has 0 aliphatic carbocycles. The summed E-state index contributed by atoms with van der Waals surface area (Å²) in [5.41, 5.74) is 4.23. The molecular weight excluding hydrogens is 318 g/mol. The van der Waals surface area contributed by atoms with Crippen LogP contribution in [0.3, 0.4) is 0 Å². The highest BCUT2D eigenvalue weighted by Gasteiger charge is 2.14. The molecule has 0 aliphatic heterocycles. The van der Waals surface area contributed by atoms with E-state index in [1.807, 2.05) is 44.3 Å². The first kappa shape index (κ1) is 16.6. The lowest BCUT2D eigenvalue weighted by Crippen LogP contribution is -3.08. The molecule has 1 heterocycles. The van der Waals surface area contributed by atoms with Crippen LogP contribution in [0.4, 0.5) is 5.69 Å². The second kappa shape index (κ2) is 7.11. The van der Waals surface area contributed by atoms with Crippen molar-refractivity contribution in [1.82, 2.24) is 4.98 Å². The van der Waals surface area contributed by atoms with Gasteiger partial charge in [-0.05, 0) is 43.2 Å². The zero-order chi connectivity index (χ0) is 17.1. The van der Waals surface area contributed by atoms with Crippen LogP contribution in [0, 0.1) is 13.8 Å². The molecule has 4 nitrogen and oxygen atoms in total. The van der Waals surface area contributed by atoms with Crippen LogP contribution in [-0.2, 0) is 11.3 Å². The van der Waals surface area contributed by atoms with Gasteiger partial charge in [0, 0.05) is 5.69 Å². The molecule has 24 heavy (non-hydrogen) atoms. The number of carbonyl (C=O) groups excluding carboxylic acids is 1. The summed E-state index contributed by atoms with van der Waals surface area (Å²) in [4.78, 5) is 18.1. The van der Waals surface area contributed by atoms with Gasteiger partial charge < -0.3 is 10.2 Å². The Morgan fingerprint density at radius 2 is 1.96 bits per heavy atom. The maximum Gasteiger partial charge on any atom is 0.279 e.